The van der Waals surface area contributed by atoms with Gasteiger partial charge in [0.25, 0.3) is 0 Å². The Bertz CT molecular complexity index is 576. The Hall–Kier alpha value is 0.190. The zero-order chi connectivity index (χ0) is 14.8. The molecule has 0 saturated heterocycles. The van der Waals surface area contributed by atoms with Crippen molar-refractivity contribution in [2.24, 2.45) is 0 Å². The molecule has 1 aliphatic rings. The van der Waals surface area contributed by atoms with Crippen LogP contribution in [0.1, 0.15) is 25.7 Å². The van der Waals surface area contributed by atoms with Gasteiger partial charge in [-0.2, -0.15) is 4.31 Å². The van der Waals surface area contributed by atoms with E-state index in [4.69, 9.17) is 23.2 Å². The quantitative estimate of drug-likeness (QED) is 0.668. The zero-order valence-corrected chi connectivity index (χ0v) is 14.8. The number of nitrogens with zero attached hydrogens (tertiary/aromatic N) is 1. The van der Waals surface area contributed by atoms with Crippen molar-refractivity contribution in [3.05, 3.63) is 27.7 Å². The van der Waals surface area contributed by atoms with Gasteiger partial charge in [0.2, 0.25) is 10.0 Å². The lowest BCUT2D eigenvalue weighted by Crippen LogP contribution is -2.44. The van der Waals surface area contributed by atoms with Crippen molar-refractivity contribution in [3.63, 3.8) is 0 Å². The zero-order valence-electron chi connectivity index (χ0n) is 10.9. The first-order valence-corrected chi connectivity index (χ1v) is 9.64. The number of halogens is 3. The summed E-state index contributed by atoms with van der Waals surface area (Å²) in [6, 6.07) is 4.94. The molecule has 1 saturated carbocycles. The second-order valence-corrected chi connectivity index (χ2v) is 8.38. The summed E-state index contributed by atoms with van der Waals surface area (Å²) in [5.74, 6) is 0.451. The van der Waals surface area contributed by atoms with Crippen LogP contribution in [0.2, 0.25) is 5.02 Å². The predicted molar refractivity (Wildman–Crippen MR) is 86.0 cm³/mol. The molecule has 0 radical (unpaired) electrons. The Morgan fingerprint density at radius 1 is 1.35 bits per heavy atom. The largest absolute Gasteiger partial charge is 0.244 e. The number of alkyl halides is 1. The minimum atomic E-state index is -3.56. The highest BCUT2D eigenvalue weighted by atomic mass is 79.9. The summed E-state index contributed by atoms with van der Waals surface area (Å²) in [6.45, 7) is 0.447. The fourth-order valence-corrected chi connectivity index (χ4v) is 5.06. The number of hydrogen-bond acceptors (Lipinski definition) is 2. The van der Waals surface area contributed by atoms with E-state index in [1.54, 1.807) is 22.5 Å². The first-order chi connectivity index (χ1) is 9.46. The van der Waals surface area contributed by atoms with Gasteiger partial charge in [0.1, 0.15) is 4.90 Å². The summed E-state index contributed by atoms with van der Waals surface area (Å²) in [5.41, 5.74) is 0. The minimum absolute atomic E-state index is 0.0860. The van der Waals surface area contributed by atoms with Gasteiger partial charge in [0, 0.05) is 22.9 Å². The molecule has 0 aliphatic heterocycles. The van der Waals surface area contributed by atoms with Crippen LogP contribution in [0.5, 0.6) is 0 Å². The van der Waals surface area contributed by atoms with Gasteiger partial charge < -0.3 is 0 Å². The average molecular weight is 401 g/mol. The van der Waals surface area contributed by atoms with Crippen LogP contribution >= 0.6 is 39.1 Å². The molecule has 0 atom stereocenters. The summed E-state index contributed by atoms with van der Waals surface area (Å²) in [4.78, 5) is 0.170. The maximum atomic E-state index is 12.8. The fourth-order valence-electron chi connectivity index (χ4n) is 2.20. The molecule has 0 unspecified atom stereocenters. The monoisotopic (exact) mass is 399 g/mol. The van der Waals surface area contributed by atoms with Gasteiger partial charge in [0.15, 0.2) is 0 Å². The average Bonchev–Trinajstić information content (AvgIpc) is 2.31. The van der Waals surface area contributed by atoms with Crippen LogP contribution < -0.4 is 0 Å². The van der Waals surface area contributed by atoms with E-state index in [0.717, 1.165) is 23.7 Å². The van der Waals surface area contributed by atoms with Gasteiger partial charge in [0.05, 0.1) is 5.02 Å². The first kappa shape index (κ1) is 16.6. The van der Waals surface area contributed by atoms with Gasteiger partial charge in [-0.3, -0.25) is 0 Å². The number of benzene rings is 1. The first-order valence-electron chi connectivity index (χ1n) is 6.49. The number of rotatable bonds is 6. The molecule has 1 aromatic rings. The van der Waals surface area contributed by atoms with Crippen LogP contribution in [0.4, 0.5) is 0 Å². The maximum absolute atomic E-state index is 12.8. The van der Waals surface area contributed by atoms with E-state index >= 15 is 0 Å². The van der Waals surface area contributed by atoms with E-state index in [-0.39, 0.29) is 16.0 Å². The van der Waals surface area contributed by atoms with Crippen molar-refractivity contribution >= 4 is 49.2 Å². The van der Waals surface area contributed by atoms with Crippen LogP contribution in [0.25, 0.3) is 0 Å². The van der Waals surface area contributed by atoms with Crippen molar-refractivity contribution in [2.45, 2.75) is 36.6 Å². The third-order valence-corrected chi connectivity index (χ3v) is 6.67. The van der Waals surface area contributed by atoms with Gasteiger partial charge in [-0.25, -0.2) is 8.42 Å². The van der Waals surface area contributed by atoms with Crippen molar-refractivity contribution in [3.8, 4) is 0 Å². The summed E-state index contributed by atoms with van der Waals surface area (Å²) in [5, 5.41) is 0.245. The van der Waals surface area contributed by atoms with E-state index in [1.165, 1.54) is 0 Å². The number of sulfonamides is 1. The van der Waals surface area contributed by atoms with E-state index in [2.05, 4.69) is 15.9 Å². The molecule has 1 fully saturated rings. The molecule has 0 amide bonds. The molecule has 112 valence electrons. The third-order valence-electron chi connectivity index (χ3n) is 3.47. The lowest BCUT2D eigenvalue weighted by Gasteiger charge is -2.36. The number of hydrogen-bond donors (Lipinski definition) is 0. The van der Waals surface area contributed by atoms with E-state index in [9.17, 15) is 8.42 Å². The molecule has 7 heteroatoms. The van der Waals surface area contributed by atoms with Crippen molar-refractivity contribution in [2.75, 3.05) is 12.4 Å². The SMILES string of the molecule is O=S(=O)(c1ccc(Br)cc1Cl)N(CCCCl)C1CCC1. The minimum Gasteiger partial charge on any atom is -0.207 e. The second-order valence-electron chi connectivity index (χ2n) is 4.82. The summed E-state index contributed by atoms with van der Waals surface area (Å²) in [6.07, 6.45) is 3.54. The normalized spacial score (nSPS) is 16.4. The van der Waals surface area contributed by atoms with Gasteiger partial charge >= 0.3 is 0 Å². The summed E-state index contributed by atoms with van der Waals surface area (Å²) >= 11 is 15.1. The summed E-state index contributed by atoms with van der Waals surface area (Å²) < 4.78 is 27.9. The lowest BCUT2D eigenvalue weighted by atomic mass is 9.93. The highest BCUT2D eigenvalue weighted by Gasteiger charge is 2.35. The fraction of sp³-hybridized carbons (Fsp3) is 0.538. The Labute approximate surface area is 138 Å². The van der Waals surface area contributed by atoms with Gasteiger partial charge in [-0.15, -0.1) is 11.6 Å². The van der Waals surface area contributed by atoms with Crippen molar-refractivity contribution < 1.29 is 8.42 Å². The molecule has 1 aromatic carbocycles. The highest BCUT2D eigenvalue weighted by Crippen LogP contribution is 2.33. The van der Waals surface area contributed by atoms with Gasteiger partial charge in [-0.05, 0) is 37.5 Å². The van der Waals surface area contributed by atoms with Crippen LogP contribution in [0.15, 0.2) is 27.6 Å². The molecule has 0 spiro atoms. The van der Waals surface area contributed by atoms with Crippen LogP contribution in [0.3, 0.4) is 0 Å². The molecule has 2 rings (SSSR count). The lowest BCUT2D eigenvalue weighted by molar-refractivity contribution is 0.220. The molecule has 0 N–H and O–H groups in total. The van der Waals surface area contributed by atoms with Crippen LogP contribution in [-0.2, 0) is 10.0 Å². The molecule has 3 nitrogen and oxygen atoms in total. The molecular weight excluding hydrogens is 385 g/mol. The molecule has 0 aromatic heterocycles. The third kappa shape index (κ3) is 3.50. The predicted octanol–water partition coefficient (Wildman–Crippen LogP) is 4.27. The molecule has 1 aliphatic carbocycles. The molecule has 0 heterocycles. The van der Waals surface area contributed by atoms with E-state index < -0.39 is 10.0 Å². The summed E-state index contributed by atoms with van der Waals surface area (Å²) in [7, 11) is -3.56. The second kappa shape index (κ2) is 6.97. The van der Waals surface area contributed by atoms with E-state index in [0.29, 0.717) is 18.8 Å². The van der Waals surface area contributed by atoms with Crippen LogP contribution in [-0.4, -0.2) is 31.2 Å². The Balaban J connectivity index is 2.33. The maximum Gasteiger partial charge on any atom is 0.244 e. The molecular formula is C13H16BrCl2NO2S. The van der Waals surface area contributed by atoms with Crippen molar-refractivity contribution in [1.29, 1.82) is 0 Å². The van der Waals surface area contributed by atoms with Crippen molar-refractivity contribution in [1.82, 2.24) is 4.31 Å². The van der Waals surface area contributed by atoms with E-state index in [1.807, 2.05) is 0 Å². The molecule has 0 bridgehead atoms. The standard InChI is InChI=1S/C13H16BrCl2NO2S/c14-10-5-6-13(12(16)9-10)20(18,19)17(8-2-7-15)11-3-1-4-11/h5-6,9,11H,1-4,7-8H2. The Kier molecular flexibility index (Phi) is 5.77. The molecule has 20 heavy (non-hydrogen) atoms. The Morgan fingerprint density at radius 3 is 2.55 bits per heavy atom. The Morgan fingerprint density at radius 2 is 2.05 bits per heavy atom. The van der Waals surface area contributed by atoms with Gasteiger partial charge in [-0.1, -0.05) is 34.0 Å². The highest BCUT2D eigenvalue weighted by molar-refractivity contribution is 9.10. The van der Waals surface area contributed by atoms with Crippen LogP contribution in [0, 0.1) is 0 Å². The smallest absolute Gasteiger partial charge is 0.207 e. The topological polar surface area (TPSA) is 37.4 Å².